The van der Waals surface area contributed by atoms with E-state index in [1.807, 2.05) is 6.07 Å². The molecule has 0 radical (unpaired) electrons. The molecule has 2 aliphatic heterocycles. The van der Waals surface area contributed by atoms with Crippen LogP contribution in [-0.4, -0.2) is 25.9 Å². The zero-order valence-corrected chi connectivity index (χ0v) is 11.3. The van der Waals surface area contributed by atoms with Gasteiger partial charge in [-0.1, -0.05) is 24.3 Å². The first-order valence-corrected chi connectivity index (χ1v) is 7.39. The normalized spacial score (nSPS) is 25.8. The van der Waals surface area contributed by atoms with Crippen molar-refractivity contribution in [2.45, 2.75) is 38.0 Å². The van der Waals surface area contributed by atoms with Crippen molar-refractivity contribution in [3.63, 3.8) is 0 Å². The van der Waals surface area contributed by atoms with Crippen molar-refractivity contribution in [2.75, 3.05) is 19.7 Å². The van der Waals surface area contributed by atoms with E-state index in [4.69, 9.17) is 4.74 Å². The summed E-state index contributed by atoms with van der Waals surface area (Å²) >= 11 is 0. The van der Waals surface area contributed by atoms with Gasteiger partial charge in [-0.2, -0.15) is 0 Å². The molecule has 19 heavy (non-hydrogen) atoms. The van der Waals surface area contributed by atoms with Gasteiger partial charge in [-0.25, -0.2) is 4.39 Å². The molecular weight excluding hydrogens is 241 g/mol. The summed E-state index contributed by atoms with van der Waals surface area (Å²) in [6, 6.07) is 8.32. The van der Waals surface area contributed by atoms with Crippen molar-refractivity contribution in [1.29, 1.82) is 0 Å². The quantitative estimate of drug-likeness (QED) is 0.905. The molecule has 1 fully saturated rings. The summed E-state index contributed by atoms with van der Waals surface area (Å²) in [6.45, 7) is 2.63. The van der Waals surface area contributed by atoms with Gasteiger partial charge in [0.2, 0.25) is 0 Å². The lowest BCUT2D eigenvalue weighted by atomic mass is 9.87. The number of halogens is 1. The summed E-state index contributed by atoms with van der Waals surface area (Å²) in [5.41, 5.74) is 2.53. The molecule has 0 aromatic heterocycles. The second-order valence-corrected chi connectivity index (χ2v) is 5.65. The van der Waals surface area contributed by atoms with Gasteiger partial charge in [0, 0.05) is 6.42 Å². The van der Waals surface area contributed by atoms with Crippen LogP contribution in [0.2, 0.25) is 0 Å². The van der Waals surface area contributed by atoms with E-state index in [0.29, 0.717) is 6.42 Å². The summed E-state index contributed by atoms with van der Waals surface area (Å²) in [6.07, 6.45) is 2.59. The molecule has 0 saturated carbocycles. The van der Waals surface area contributed by atoms with Gasteiger partial charge in [-0.15, -0.1) is 0 Å². The number of hydrogen-bond donors (Lipinski definition) is 1. The number of ether oxygens (including phenoxy) is 1. The fourth-order valence-electron chi connectivity index (χ4n) is 3.27. The van der Waals surface area contributed by atoms with Crippen LogP contribution < -0.4 is 5.32 Å². The highest BCUT2D eigenvalue weighted by molar-refractivity contribution is 5.30. The molecule has 1 aromatic carbocycles. The van der Waals surface area contributed by atoms with Crippen LogP contribution in [0.25, 0.3) is 0 Å². The van der Waals surface area contributed by atoms with Crippen LogP contribution in [0.15, 0.2) is 24.3 Å². The third kappa shape index (κ3) is 2.98. The Morgan fingerprint density at radius 3 is 2.89 bits per heavy atom. The zero-order chi connectivity index (χ0) is 13.1. The van der Waals surface area contributed by atoms with Crippen molar-refractivity contribution in [2.24, 2.45) is 5.92 Å². The van der Waals surface area contributed by atoms with Gasteiger partial charge < -0.3 is 10.1 Å². The standard InChI is InChI=1S/C16H22FNO/c17-15(13-5-8-18-9-6-13)11-16-14-4-2-1-3-12(14)7-10-19-16/h1-4,13,15-16,18H,5-11H2. The molecule has 0 amide bonds. The highest BCUT2D eigenvalue weighted by Crippen LogP contribution is 2.34. The van der Waals surface area contributed by atoms with Crippen molar-refractivity contribution < 1.29 is 9.13 Å². The lowest BCUT2D eigenvalue weighted by Gasteiger charge is -2.31. The van der Waals surface area contributed by atoms with E-state index >= 15 is 0 Å². The lowest BCUT2D eigenvalue weighted by molar-refractivity contribution is 0.00856. The minimum atomic E-state index is -0.738. The van der Waals surface area contributed by atoms with E-state index in [2.05, 4.69) is 23.5 Å². The van der Waals surface area contributed by atoms with Gasteiger partial charge in [0.1, 0.15) is 6.17 Å². The maximum absolute atomic E-state index is 14.5. The molecule has 1 N–H and O–H groups in total. The van der Waals surface area contributed by atoms with E-state index < -0.39 is 6.17 Å². The number of benzene rings is 1. The lowest BCUT2D eigenvalue weighted by Crippen LogP contribution is -2.33. The Morgan fingerprint density at radius 2 is 2.05 bits per heavy atom. The molecule has 3 heteroatoms. The summed E-state index contributed by atoms with van der Waals surface area (Å²) in [5.74, 6) is 0.207. The van der Waals surface area contributed by atoms with E-state index in [0.717, 1.165) is 39.0 Å². The maximum Gasteiger partial charge on any atom is 0.106 e. The third-order valence-electron chi connectivity index (χ3n) is 4.43. The smallest absolute Gasteiger partial charge is 0.106 e. The predicted molar refractivity (Wildman–Crippen MR) is 73.9 cm³/mol. The molecule has 3 rings (SSSR count). The van der Waals surface area contributed by atoms with Crippen molar-refractivity contribution >= 4 is 0 Å². The third-order valence-corrected chi connectivity index (χ3v) is 4.43. The number of rotatable bonds is 3. The molecular formula is C16H22FNO. The summed E-state index contributed by atoms with van der Waals surface area (Å²) in [5, 5.41) is 3.29. The molecule has 2 nitrogen and oxygen atoms in total. The minimum Gasteiger partial charge on any atom is -0.373 e. The molecule has 0 spiro atoms. The average molecular weight is 263 g/mol. The van der Waals surface area contributed by atoms with Gasteiger partial charge in [-0.05, 0) is 49.4 Å². The van der Waals surface area contributed by atoms with Gasteiger partial charge in [-0.3, -0.25) is 0 Å². The van der Waals surface area contributed by atoms with E-state index in [1.165, 1.54) is 11.1 Å². The Morgan fingerprint density at radius 1 is 1.26 bits per heavy atom. The van der Waals surface area contributed by atoms with Gasteiger partial charge in [0.25, 0.3) is 0 Å². The van der Waals surface area contributed by atoms with Crippen molar-refractivity contribution in [3.05, 3.63) is 35.4 Å². The first-order chi connectivity index (χ1) is 9.34. The second kappa shape index (κ2) is 6.02. The highest BCUT2D eigenvalue weighted by Gasteiger charge is 2.29. The number of hydrogen-bond acceptors (Lipinski definition) is 2. The first kappa shape index (κ1) is 13.1. The number of alkyl halides is 1. The molecule has 2 heterocycles. The van der Waals surface area contributed by atoms with Crippen LogP contribution in [0.1, 0.15) is 36.5 Å². The monoisotopic (exact) mass is 263 g/mol. The Balaban J connectivity index is 1.66. The van der Waals surface area contributed by atoms with Gasteiger partial charge in [0.15, 0.2) is 0 Å². The van der Waals surface area contributed by atoms with Crippen molar-refractivity contribution in [1.82, 2.24) is 5.32 Å². The largest absolute Gasteiger partial charge is 0.373 e. The van der Waals surface area contributed by atoms with Crippen molar-refractivity contribution in [3.8, 4) is 0 Å². The second-order valence-electron chi connectivity index (χ2n) is 5.65. The van der Waals surface area contributed by atoms with E-state index in [1.54, 1.807) is 0 Å². The summed E-state index contributed by atoms with van der Waals surface area (Å²) in [4.78, 5) is 0. The fourth-order valence-corrected chi connectivity index (χ4v) is 3.27. The molecule has 104 valence electrons. The topological polar surface area (TPSA) is 21.3 Å². The number of nitrogens with one attached hydrogen (secondary N) is 1. The molecule has 2 unspecified atom stereocenters. The van der Waals surface area contributed by atoms with Gasteiger partial charge in [0.05, 0.1) is 12.7 Å². The molecule has 1 aromatic rings. The molecule has 0 aliphatic carbocycles. The molecule has 2 aliphatic rings. The van der Waals surface area contributed by atoms with E-state index in [-0.39, 0.29) is 12.0 Å². The van der Waals surface area contributed by atoms with E-state index in [9.17, 15) is 4.39 Å². The predicted octanol–water partition coefficient (Wildman–Crippen LogP) is 3.03. The molecule has 1 saturated heterocycles. The Kier molecular flexibility index (Phi) is 4.14. The van der Waals surface area contributed by atoms with Crippen LogP contribution in [-0.2, 0) is 11.2 Å². The SMILES string of the molecule is FC(CC1OCCc2ccccc21)C1CCNCC1. The highest BCUT2D eigenvalue weighted by atomic mass is 19.1. The van der Waals surface area contributed by atoms with Crippen LogP contribution in [0, 0.1) is 5.92 Å². The Hall–Kier alpha value is -0.930. The zero-order valence-electron chi connectivity index (χ0n) is 11.3. The molecule has 0 bridgehead atoms. The van der Waals surface area contributed by atoms with Crippen LogP contribution in [0.4, 0.5) is 4.39 Å². The Bertz CT molecular complexity index is 417. The molecule has 2 atom stereocenters. The summed E-state index contributed by atoms with van der Waals surface area (Å²) < 4.78 is 20.3. The minimum absolute atomic E-state index is 0.0464. The Labute approximate surface area is 114 Å². The number of piperidine rings is 1. The summed E-state index contributed by atoms with van der Waals surface area (Å²) in [7, 11) is 0. The van der Waals surface area contributed by atoms with Crippen LogP contribution in [0.5, 0.6) is 0 Å². The average Bonchev–Trinajstić information content (AvgIpc) is 2.48. The van der Waals surface area contributed by atoms with Gasteiger partial charge >= 0.3 is 0 Å². The fraction of sp³-hybridized carbons (Fsp3) is 0.625. The number of fused-ring (bicyclic) bond motifs is 1. The first-order valence-electron chi connectivity index (χ1n) is 7.39. The van der Waals surface area contributed by atoms with Crippen LogP contribution in [0.3, 0.4) is 0 Å². The maximum atomic E-state index is 14.5. The van der Waals surface area contributed by atoms with Crippen LogP contribution >= 0.6 is 0 Å².